The summed E-state index contributed by atoms with van der Waals surface area (Å²) in [4.78, 5) is 2.03. The Morgan fingerprint density at radius 2 is 1.84 bits per heavy atom. The SMILES string of the molecule is CCC(C)(C)N(C)c1snc(N)c1S(=O)(=O)N(C)C. The zero-order chi connectivity index (χ0) is 15.0. The van der Waals surface area contributed by atoms with Crippen LogP contribution in [0.1, 0.15) is 27.2 Å². The van der Waals surface area contributed by atoms with E-state index in [0.29, 0.717) is 5.00 Å². The van der Waals surface area contributed by atoms with Gasteiger partial charge < -0.3 is 10.6 Å². The van der Waals surface area contributed by atoms with Crippen LogP contribution in [0.3, 0.4) is 0 Å². The van der Waals surface area contributed by atoms with Crippen LogP contribution in [0.4, 0.5) is 10.8 Å². The summed E-state index contributed by atoms with van der Waals surface area (Å²) in [7, 11) is 1.25. The van der Waals surface area contributed by atoms with Gasteiger partial charge in [0.1, 0.15) is 5.00 Å². The Morgan fingerprint density at radius 1 is 1.32 bits per heavy atom. The largest absolute Gasteiger partial charge is 0.382 e. The second kappa shape index (κ2) is 5.26. The van der Waals surface area contributed by atoms with Gasteiger partial charge in [-0.25, -0.2) is 12.7 Å². The molecule has 8 heteroatoms. The molecule has 0 aliphatic heterocycles. The van der Waals surface area contributed by atoms with Crippen LogP contribution in [-0.2, 0) is 10.0 Å². The summed E-state index contributed by atoms with van der Waals surface area (Å²) >= 11 is 1.12. The highest BCUT2D eigenvalue weighted by Crippen LogP contribution is 2.38. The molecule has 6 nitrogen and oxygen atoms in total. The number of anilines is 2. The van der Waals surface area contributed by atoms with E-state index in [1.165, 1.54) is 14.1 Å². The van der Waals surface area contributed by atoms with Gasteiger partial charge in [-0.05, 0) is 31.8 Å². The first kappa shape index (κ1) is 16.2. The van der Waals surface area contributed by atoms with Crippen LogP contribution in [0.25, 0.3) is 0 Å². The summed E-state index contributed by atoms with van der Waals surface area (Å²) < 4.78 is 29.8. The zero-order valence-electron chi connectivity index (χ0n) is 12.3. The van der Waals surface area contributed by atoms with Gasteiger partial charge in [0.15, 0.2) is 10.7 Å². The number of rotatable bonds is 5. The van der Waals surface area contributed by atoms with Gasteiger partial charge in [0.25, 0.3) is 0 Å². The fraction of sp³-hybridized carbons (Fsp3) is 0.727. The average Bonchev–Trinajstić information content (AvgIpc) is 2.70. The lowest BCUT2D eigenvalue weighted by Crippen LogP contribution is -2.41. The predicted molar refractivity (Wildman–Crippen MR) is 80.2 cm³/mol. The molecule has 0 bridgehead atoms. The van der Waals surface area contributed by atoms with E-state index >= 15 is 0 Å². The van der Waals surface area contributed by atoms with Gasteiger partial charge in [0.05, 0.1) is 0 Å². The molecular weight excluding hydrogens is 284 g/mol. The van der Waals surface area contributed by atoms with Gasteiger partial charge in [-0.1, -0.05) is 6.92 Å². The topological polar surface area (TPSA) is 79.5 Å². The first-order chi connectivity index (χ1) is 8.55. The van der Waals surface area contributed by atoms with E-state index < -0.39 is 10.0 Å². The summed E-state index contributed by atoms with van der Waals surface area (Å²) in [5.41, 5.74) is 5.58. The molecule has 0 radical (unpaired) electrons. The van der Waals surface area contributed by atoms with Crippen LogP contribution in [0.2, 0.25) is 0 Å². The average molecular weight is 306 g/mol. The first-order valence-corrected chi connectivity index (χ1v) is 8.18. The van der Waals surface area contributed by atoms with Crippen molar-refractivity contribution in [3.63, 3.8) is 0 Å². The third kappa shape index (κ3) is 2.85. The Labute approximate surface area is 119 Å². The minimum atomic E-state index is -3.59. The maximum atomic E-state index is 12.3. The van der Waals surface area contributed by atoms with Crippen LogP contribution < -0.4 is 10.6 Å². The zero-order valence-corrected chi connectivity index (χ0v) is 13.9. The fourth-order valence-corrected chi connectivity index (χ4v) is 3.79. The lowest BCUT2D eigenvalue weighted by atomic mass is 10.0. The van der Waals surface area contributed by atoms with E-state index in [1.807, 2.05) is 11.9 Å². The van der Waals surface area contributed by atoms with E-state index in [-0.39, 0.29) is 16.3 Å². The molecule has 1 heterocycles. The van der Waals surface area contributed by atoms with Crippen LogP contribution >= 0.6 is 11.5 Å². The molecule has 0 saturated carbocycles. The summed E-state index contributed by atoms with van der Waals surface area (Å²) in [6, 6.07) is 0. The number of nitrogens with zero attached hydrogens (tertiary/aromatic N) is 3. The molecule has 0 atom stereocenters. The number of hydrogen-bond acceptors (Lipinski definition) is 6. The Hall–Kier alpha value is -0.860. The summed E-state index contributed by atoms with van der Waals surface area (Å²) in [6.07, 6.45) is 0.878. The molecule has 2 N–H and O–H groups in total. The Kier molecular flexibility index (Phi) is 4.48. The number of hydrogen-bond donors (Lipinski definition) is 1. The minimum Gasteiger partial charge on any atom is -0.382 e. The monoisotopic (exact) mass is 306 g/mol. The molecule has 0 amide bonds. The highest BCUT2D eigenvalue weighted by molar-refractivity contribution is 7.89. The number of nitrogen functional groups attached to an aromatic ring is 1. The smallest absolute Gasteiger partial charge is 0.249 e. The molecular formula is C11H22N4O2S2. The van der Waals surface area contributed by atoms with Crippen molar-refractivity contribution in [2.24, 2.45) is 0 Å². The number of sulfonamides is 1. The van der Waals surface area contributed by atoms with Crippen molar-refractivity contribution >= 4 is 32.4 Å². The van der Waals surface area contributed by atoms with E-state index in [0.717, 1.165) is 22.3 Å². The summed E-state index contributed by atoms with van der Waals surface area (Å²) in [5.74, 6) is 0.0625. The van der Waals surface area contributed by atoms with E-state index in [2.05, 4.69) is 25.1 Å². The van der Waals surface area contributed by atoms with E-state index in [9.17, 15) is 8.42 Å². The number of aromatic nitrogens is 1. The van der Waals surface area contributed by atoms with Gasteiger partial charge in [-0.2, -0.15) is 4.37 Å². The predicted octanol–water partition coefficient (Wildman–Crippen LogP) is 1.60. The van der Waals surface area contributed by atoms with Gasteiger partial charge in [0.2, 0.25) is 10.0 Å². The van der Waals surface area contributed by atoms with Crippen molar-refractivity contribution in [2.75, 3.05) is 31.8 Å². The lowest BCUT2D eigenvalue weighted by Gasteiger charge is -2.36. The molecule has 0 aliphatic carbocycles. The summed E-state index contributed by atoms with van der Waals surface area (Å²) in [5, 5.41) is 0.582. The van der Waals surface area contributed by atoms with Crippen LogP contribution in [0, 0.1) is 0 Å². The second-order valence-electron chi connectivity index (χ2n) is 5.21. The lowest BCUT2D eigenvalue weighted by molar-refractivity contribution is 0.469. The molecule has 0 spiro atoms. The molecule has 0 fully saturated rings. The highest BCUT2D eigenvalue weighted by Gasteiger charge is 2.33. The van der Waals surface area contributed by atoms with Crippen molar-refractivity contribution in [3.05, 3.63) is 0 Å². The molecule has 1 aromatic heterocycles. The Balaban J connectivity index is 3.43. The standard InChI is InChI=1S/C11H22N4O2S2/c1-7-11(2,3)15(6)10-8(9(12)13-18-10)19(16,17)14(4)5/h7H2,1-6H3,(H2,12,13). The van der Waals surface area contributed by atoms with Crippen LogP contribution in [0.5, 0.6) is 0 Å². The van der Waals surface area contributed by atoms with E-state index in [1.54, 1.807) is 0 Å². The van der Waals surface area contributed by atoms with Gasteiger partial charge in [-0.15, -0.1) is 0 Å². The Morgan fingerprint density at radius 3 is 2.26 bits per heavy atom. The van der Waals surface area contributed by atoms with Crippen molar-refractivity contribution in [2.45, 2.75) is 37.6 Å². The molecule has 1 rings (SSSR count). The van der Waals surface area contributed by atoms with Crippen LogP contribution in [0.15, 0.2) is 4.90 Å². The van der Waals surface area contributed by atoms with Crippen molar-refractivity contribution in [1.82, 2.24) is 8.68 Å². The second-order valence-corrected chi connectivity index (χ2v) is 8.06. The van der Waals surface area contributed by atoms with Crippen LogP contribution in [-0.4, -0.2) is 43.8 Å². The van der Waals surface area contributed by atoms with Gasteiger partial charge in [-0.3, -0.25) is 0 Å². The molecule has 0 aliphatic rings. The third-order valence-corrected chi connectivity index (χ3v) is 6.42. The maximum Gasteiger partial charge on any atom is 0.249 e. The van der Waals surface area contributed by atoms with Crippen molar-refractivity contribution in [1.29, 1.82) is 0 Å². The molecule has 0 unspecified atom stereocenters. The molecule has 0 aromatic carbocycles. The highest BCUT2D eigenvalue weighted by atomic mass is 32.2. The van der Waals surface area contributed by atoms with Gasteiger partial charge in [0, 0.05) is 26.7 Å². The van der Waals surface area contributed by atoms with Crippen molar-refractivity contribution in [3.8, 4) is 0 Å². The fourth-order valence-electron chi connectivity index (χ4n) is 1.44. The molecule has 0 saturated heterocycles. The number of nitrogens with two attached hydrogens (primary N) is 1. The molecule has 1 aromatic rings. The first-order valence-electron chi connectivity index (χ1n) is 5.97. The third-order valence-electron chi connectivity index (χ3n) is 3.47. The van der Waals surface area contributed by atoms with Gasteiger partial charge >= 0.3 is 0 Å². The summed E-state index contributed by atoms with van der Waals surface area (Å²) in [6.45, 7) is 6.16. The van der Waals surface area contributed by atoms with E-state index in [4.69, 9.17) is 5.73 Å². The quantitative estimate of drug-likeness (QED) is 0.894. The molecule has 19 heavy (non-hydrogen) atoms. The molecule has 110 valence electrons. The Bertz CT molecular complexity index is 549. The van der Waals surface area contributed by atoms with Crippen molar-refractivity contribution < 1.29 is 8.42 Å². The normalized spacial score (nSPS) is 13.0. The maximum absolute atomic E-state index is 12.3. The minimum absolute atomic E-state index is 0.0625.